The third-order valence-electron chi connectivity index (χ3n) is 4.25. The largest absolute Gasteiger partial charge is 0.497 e. The summed E-state index contributed by atoms with van der Waals surface area (Å²) in [4.78, 5) is 2.04. The van der Waals surface area contributed by atoms with Gasteiger partial charge in [-0.05, 0) is 54.1 Å². The van der Waals surface area contributed by atoms with E-state index in [1.165, 1.54) is 12.1 Å². The van der Waals surface area contributed by atoms with E-state index in [-0.39, 0.29) is 12.4 Å². The molecule has 0 saturated heterocycles. The number of aliphatic hydroxyl groups excluding tert-OH is 1. The minimum absolute atomic E-state index is 0.157. The fourth-order valence-corrected chi connectivity index (χ4v) is 2.87. The summed E-state index contributed by atoms with van der Waals surface area (Å²) in [6, 6.07) is 17.3. The zero-order valence-electron chi connectivity index (χ0n) is 15.8. The van der Waals surface area contributed by atoms with E-state index in [0.717, 1.165) is 17.1 Å². The number of methoxy groups -OCH3 is 1. The number of ether oxygens (including phenoxy) is 2. The molecule has 1 N–H and O–H groups in total. The standard InChI is InChI=1S/C22H24FNO4/c1-26-20-8-10-21(11-9-20)28-16-19(25)14-24(15-22-3-2-12-27-22)13-17-4-6-18(23)7-5-17/h2-12,19,25H,13-16H2,1H3/t19-/m0/s1. The van der Waals surface area contributed by atoms with Crippen molar-refractivity contribution in [3.8, 4) is 11.5 Å². The van der Waals surface area contributed by atoms with Crippen LogP contribution in [0.5, 0.6) is 11.5 Å². The van der Waals surface area contributed by atoms with E-state index in [9.17, 15) is 9.50 Å². The van der Waals surface area contributed by atoms with Gasteiger partial charge in [-0.25, -0.2) is 4.39 Å². The minimum Gasteiger partial charge on any atom is -0.497 e. The molecule has 0 amide bonds. The first-order valence-electron chi connectivity index (χ1n) is 9.06. The highest BCUT2D eigenvalue weighted by atomic mass is 19.1. The molecule has 1 atom stereocenters. The van der Waals surface area contributed by atoms with E-state index in [2.05, 4.69) is 0 Å². The number of benzene rings is 2. The molecule has 3 rings (SSSR count). The second-order valence-corrected chi connectivity index (χ2v) is 6.52. The first-order valence-corrected chi connectivity index (χ1v) is 9.06. The predicted octanol–water partition coefficient (Wildman–Crippen LogP) is 3.87. The van der Waals surface area contributed by atoms with Crippen molar-refractivity contribution in [1.29, 1.82) is 0 Å². The molecule has 0 saturated carbocycles. The molecule has 0 spiro atoms. The zero-order valence-corrected chi connectivity index (χ0v) is 15.8. The third kappa shape index (κ3) is 6.11. The Morgan fingerprint density at radius 2 is 1.71 bits per heavy atom. The second kappa shape index (κ2) is 9.92. The van der Waals surface area contributed by atoms with Gasteiger partial charge in [-0.2, -0.15) is 0 Å². The first kappa shape index (κ1) is 19.9. The maximum atomic E-state index is 13.2. The molecule has 2 aromatic carbocycles. The van der Waals surface area contributed by atoms with E-state index >= 15 is 0 Å². The highest BCUT2D eigenvalue weighted by Crippen LogP contribution is 2.17. The van der Waals surface area contributed by atoms with Gasteiger partial charge in [0.2, 0.25) is 0 Å². The van der Waals surface area contributed by atoms with E-state index in [1.807, 2.05) is 17.0 Å². The van der Waals surface area contributed by atoms with Gasteiger partial charge in [0.1, 0.15) is 35.8 Å². The molecular formula is C22H24FNO4. The van der Waals surface area contributed by atoms with Crippen molar-refractivity contribution in [2.24, 2.45) is 0 Å². The summed E-state index contributed by atoms with van der Waals surface area (Å²) >= 11 is 0. The van der Waals surface area contributed by atoms with Crippen LogP contribution in [0.1, 0.15) is 11.3 Å². The lowest BCUT2D eigenvalue weighted by Crippen LogP contribution is -2.35. The Morgan fingerprint density at radius 1 is 1.00 bits per heavy atom. The molecule has 148 valence electrons. The van der Waals surface area contributed by atoms with E-state index < -0.39 is 6.10 Å². The SMILES string of the molecule is COc1ccc(OC[C@@H](O)CN(Cc2ccc(F)cc2)Cc2ccco2)cc1. The topological polar surface area (TPSA) is 55.1 Å². The van der Waals surface area contributed by atoms with Crippen LogP contribution in [0.25, 0.3) is 0 Å². The smallest absolute Gasteiger partial charge is 0.123 e. The molecule has 0 bridgehead atoms. The molecule has 1 heterocycles. The van der Waals surface area contributed by atoms with Gasteiger partial charge in [0, 0.05) is 13.1 Å². The monoisotopic (exact) mass is 385 g/mol. The first-order chi connectivity index (χ1) is 13.6. The summed E-state index contributed by atoms with van der Waals surface area (Å²) in [5.74, 6) is 1.94. The number of hydrogen-bond donors (Lipinski definition) is 1. The number of rotatable bonds is 10. The Kier molecular flexibility index (Phi) is 7.06. The fraction of sp³-hybridized carbons (Fsp3) is 0.273. The van der Waals surface area contributed by atoms with Crippen molar-refractivity contribution in [2.75, 3.05) is 20.3 Å². The predicted molar refractivity (Wildman–Crippen MR) is 104 cm³/mol. The second-order valence-electron chi connectivity index (χ2n) is 6.52. The number of halogens is 1. The van der Waals surface area contributed by atoms with Crippen LogP contribution in [0.3, 0.4) is 0 Å². The average Bonchev–Trinajstić information content (AvgIpc) is 3.21. The van der Waals surface area contributed by atoms with Gasteiger partial charge in [-0.3, -0.25) is 4.90 Å². The van der Waals surface area contributed by atoms with Crippen LogP contribution >= 0.6 is 0 Å². The van der Waals surface area contributed by atoms with Gasteiger partial charge >= 0.3 is 0 Å². The molecular weight excluding hydrogens is 361 g/mol. The molecule has 5 nitrogen and oxygen atoms in total. The Bertz CT molecular complexity index is 819. The molecule has 0 fully saturated rings. The van der Waals surface area contributed by atoms with Crippen molar-refractivity contribution < 1.29 is 23.4 Å². The van der Waals surface area contributed by atoms with Crippen molar-refractivity contribution in [3.05, 3.63) is 84.1 Å². The van der Waals surface area contributed by atoms with Gasteiger partial charge in [-0.1, -0.05) is 12.1 Å². The van der Waals surface area contributed by atoms with Crippen LogP contribution in [0.15, 0.2) is 71.3 Å². The number of furan rings is 1. The summed E-state index contributed by atoms with van der Waals surface area (Å²) in [5.41, 5.74) is 0.955. The van der Waals surface area contributed by atoms with Crippen molar-refractivity contribution in [1.82, 2.24) is 4.90 Å². The maximum absolute atomic E-state index is 13.2. The zero-order chi connectivity index (χ0) is 19.8. The van der Waals surface area contributed by atoms with Gasteiger partial charge in [-0.15, -0.1) is 0 Å². The normalized spacial score (nSPS) is 12.1. The highest BCUT2D eigenvalue weighted by Gasteiger charge is 2.15. The molecule has 0 unspecified atom stereocenters. The quantitative estimate of drug-likeness (QED) is 0.574. The molecule has 28 heavy (non-hydrogen) atoms. The van der Waals surface area contributed by atoms with Crippen LogP contribution < -0.4 is 9.47 Å². The van der Waals surface area contributed by atoms with Gasteiger partial charge in [0.05, 0.1) is 19.9 Å². The Hall–Kier alpha value is -2.83. The van der Waals surface area contributed by atoms with Gasteiger partial charge in [0.15, 0.2) is 0 Å². The molecule has 6 heteroatoms. The lowest BCUT2D eigenvalue weighted by molar-refractivity contribution is 0.0604. The summed E-state index contributed by atoms with van der Waals surface area (Å²) in [6.45, 7) is 1.63. The maximum Gasteiger partial charge on any atom is 0.123 e. The summed E-state index contributed by atoms with van der Waals surface area (Å²) in [6.07, 6.45) is 0.923. The molecule has 3 aromatic rings. The van der Waals surface area contributed by atoms with Crippen molar-refractivity contribution in [3.63, 3.8) is 0 Å². The Balaban J connectivity index is 1.57. The van der Waals surface area contributed by atoms with E-state index in [4.69, 9.17) is 13.9 Å². The molecule has 0 aliphatic carbocycles. The lowest BCUT2D eigenvalue weighted by Gasteiger charge is -2.24. The van der Waals surface area contributed by atoms with Crippen LogP contribution in [-0.4, -0.2) is 36.4 Å². The molecule has 0 aliphatic heterocycles. The van der Waals surface area contributed by atoms with E-state index in [0.29, 0.717) is 25.4 Å². The Morgan fingerprint density at radius 3 is 2.36 bits per heavy atom. The van der Waals surface area contributed by atoms with Gasteiger partial charge < -0.3 is 19.0 Å². The van der Waals surface area contributed by atoms with Crippen molar-refractivity contribution in [2.45, 2.75) is 19.2 Å². The molecule has 0 radical (unpaired) electrons. The van der Waals surface area contributed by atoms with Crippen LogP contribution in [0.2, 0.25) is 0 Å². The van der Waals surface area contributed by atoms with Crippen LogP contribution in [0.4, 0.5) is 4.39 Å². The van der Waals surface area contributed by atoms with E-state index in [1.54, 1.807) is 49.8 Å². The molecule has 0 aliphatic rings. The minimum atomic E-state index is -0.697. The fourth-order valence-electron chi connectivity index (χ4n) is 2.87. The van der Waals surface area contributed by atoms with Gasteiger partial charge in [0.25, 0.3) is 0 Å². The van der Waals surface area contributed by atoms with Crippen LogP contribution in [0, 0.1) is 5.82 Å². The van der Waals surface area contributed by atoms with Crippen molar-refractivity contribution >= 4 is 0 Å². The number of aliphatic hydroxyl groups is 1. The molecule has 1 aromatic heterocycles. The summed E-state index contributed by atoms with van der Waals surface area (Å²) in [5, 5.41) is 10.5. The number of nitrogens with zero attached hydrogens (tertiary/aromatic N) is 1. The number of hydrogen-bond acceptors (Lipinski definition) is 5. The lowest BCUT2D eigenvalue weighted by atomic mass is 10.2. The van der Waals surface area contributed by atoms with Crippen LogP contribution in [-0.2, 0) is 13.1 Å². The summed E-state index contributed by atoms with van der Waals surface area (Å²) < 4.78 is 29.4. The highest BCUT2D eigenvalue weighted by molar-refractivity contribution is 5.31. The average molecular weight is 385 g/mol. The Labute approximate surface area is 163 Å². The third-order valence-corrected chi connectivity index (χ3v) is 4.25. The summed E-state index contributed by atoms with van der Waals surface area (Å²) in [7, 11) is 1.61.